The van der Waals surface area contributed by atoms with Crippen LogP contribution in [0.15, 0.2) is 61.8 Å². The molecule has 3 aromatic heterocycles. The van der Waals surface area contributed by atoms with Gasteiger partial charge in [0.2, 0.25) is 0 Å². The molecule has 0 saturated heterocycles. The molecule has 3 heterocycles. The number of carboxylic acid groups (broad SMARTS) is 2. The second kappa shape index (κ2) is 17.2. The number of aromatic nitrogens is 5. The first-order valence-corrected chi connectivity index (χ1v) is 13.9. The van der Waals surface area contributed by atoms with Gasteiger partial charge in [-0.15, -0.1) is 0 Å². The number of fused-ring (bicyclic) bond motifs is 1. The van der Waals surface area contributed by atoms with Crippen LogP contribution in [0.25, 0.3) is 10.9 Å². The third-order valence-corrected chi connectivity index (χ3v) is 6.33. The summed E-state index contributed by atoms with van der Waals surface area (Å²) >= 11 is 6.04. The Balaban J connectivity index is 0.000000257. The molecule has 236 valence electrons. The zero-order valence-corrected chi connectivity index (χ0v) is 25.0. The molecule has 0 aliphatic rings. The first kappa shape index (κ1) is 35.2. The van der Waals surface area contributed by atoms with E-state index in [1.807, 2.05) is 50.4 Å². The molecule has 1 atom stereocenters. The van der Waals surface area contributed by atoms with Crippen LogP contribution >= 0.6 is 11.6 Å². The zero-order chi connectivity index (χ0) is 32.8. The van der Waals surface area contributed by atoms with Crippen molar-refractivity contribution in [1.82, 2.24) is 29.8 Å². The Morgan fingerprint density at radius 3 is 1.91 bits per heavy atom. The number of rotatable bonds is 10. The van der Waals surface area contributed by atoms with Gasteiger partial charge in [-0.05, 0) is 63.7 Å². The van der Waals surface area contributed by atoms with E-state index in [-0.39, 0.29) is 0 Å². The Kier molecular flexibility index (Phi) is 13.7. The molecular formula is C28H34ClN7O8. The number of carbonyl (C=O) groups is 2. The van der Waals surface area contributed by atoms with Gasteiger partial charge in [-0.25, -0.2) is 19.2 Å². The van der Waals surface area contributed by atoms with Gasteiger partial charge >= 0.3 is 23.3 Å². The Labute approximate surface area is 255 Å². The van der Waals surface area contributed by atoms with E-state index in [1.165, 1.54) is 13.0 Å². The second-order valence-electron chi connectivity index (χ2n) is 9.35. The van der Waals surface area contributed by atoms with Crippen molar-refractivity contribution >= 4 is 40.1 Å². The largest absolute Gasteiger partial charge is 0.477 e. The fourth-order valence-corrected chi connectivity index (χ4v) is 4.08. The molecule has 0 bridgehead atoms. The standard InChI is InChI=1S/C18H26ClN3.2C5H4N2O4/c1-4-22(5-2)12-6-7-14(3)21-17-10-11-20-18-13-15(19)8-9-16(17)18;2*8-3-1-2(4(9)10)6-5(11)7-3/h8-11,13-14H,4-7,12H2,1-3H3,(H,20,21);2*1H,(H,9,10)(H2,6,7,8,11). The lowest BCUT2D eigenvalue weighted by atomic mass is 10.1. The average Bonchev–Trinajstić information content (AvgIpc) is 2.95. The molecule has 1 aromatic carbocycles. The van der Waals surface area contributed by atoms with Crippen LogP contribution in [0.3, 0.4) is 0 Å². The van der Waals surface area contributed by atoms with Crippen LogP contribution < -0.4 is 27.8 Å². The van der Waals surface area contributed by atoms with Crippen LogP contribution in [0.1, 0.15) is 54.6 Å². The maximum atomic E-state index is 10.5. The molecule has 0 aliphatic carbocycles. The molecule has 4 rings (SSSR count). The predicted octanol–water partition coefficient (Wildman–Crippen LogP) is 2.33. The van der Waals surface area contributed by atoms with E-state index >= 15 is 0 Å². The van der Waals surface area contributed by atoms with E-state index < -0.39 is 45.8 Å². The number of nitrogens with zero attached hydrogens (tertiary/aromatic N) is 2. The summed E-state index contributed by atoms with van der Waals surface area (Å²) in [6.45, 7) is 10.1. The summed E-state index contributed by atoms with van der Waals surface area (Å²) in [6, 6.07) is 9.94. The lowest BCUT2D eigenvalue weighted by Gasteiger charge is -2.20. The minimum Gasteiger partial charge on any atom is -0.477 e. The number of aromatic carboxylic acids is 2. The highest BCUT2D eigenvalue weighted by molar-refractivity contribution is 6.31. The van der Waals surface area contributed by atoms with E-state index in [4.69, 9.17) is 21.8 Å². The van der Waals surface area contributed by atoms with Crippen LogP contribution in [0.4, 0.5) is 5.69 Å². The number of hydrogen-bond acceptors (Lipinski definition) is 9. The predicted molar refractivity (Wildman–Crippen MR) is 166 cm³/mol. The molecule has 1 unspecified atom stereocenters. The lowest BCUT2D eigenvalue weighted by Crippen LogP contribution is -2.25. The summed E-state index contributed by atoms with van der Waals surface area (Å²) < 4.78 is 0. The summed E-state index contributed by atoms with van der Waals surface area (Å²) in [7, 11) is 0. The average molecular weight is 632 g/mol. The summed E-state index contributed by atoms with van der Waals surface area (Å²) in [4.78, 5) is 76.6. The Morgan fingerprint density at radius 1 is 0.886 bits per heavy atom. The highest BCUT2D eigenvalue weighted by atomic mass is 35.5. The van der Waals surface area contributed by atoms with Crippen molar-refractivity contribution in [1.29, 1.82) is 0 Å². The van der Waals surface area contributed by atoms with Gasteiger partial charge in [0, 0.05) is 40.5 Å². The maximum absolute atomic E-state index is 10.5. The van der Waals surface area contributed by atoms with Gasteiger partial charge in [0.1, 0.15) is 11.4 Å². The van der Waals surface area contributed by atoms with Gasteiger partial charge in [0.25, 0.3) is 11.1 Å². The number of aromatic amines is 4. The van der Waals surface area contributed by atoms with Crippen molar-refractivity contribution in [3.63, 3.8) is 0 Å². The summed E-state index contributed by atoms with van der Waals surface area (Å²) in [6.07, 6.45) is 4.21. The highest BCUT2D eigenvalue weighted by Gasteiger charge is 2.08. The molecule has 0 fully saturated rings. The van der Waals surface area contributed by atoms with Gasteiger partial charge in [-0.1, -0.05) is 25.4 Å². The van der Waals surface area contributed by atoms with Gasteiger partial charge in [-0.2, -0.15) is 0 Å². The van der Waals surface area contributed by atoms with E-state index in [9.17, 15) is 28.8 Å². The summed E-state index contributed by atoms with van der Waals surface area (Å²) in [5.41, 5.74) is -1.87. The molecule has 44 heavy (non-hydrogen) atoms. The Bertz CT molecular complexity index is 1660. The number of carboxylic acids is 2. The van der Waals surface area contributed by atoms with Crippen LogP contribution in [0.5, 0.6) is 0 Å². The second-order valence-corrected chi connectivity index (χ2v) is 9.78. The minimum absolute atomic E-state index is 0.418. The Morgan fingerprint density at radius 2 is 1.43 bits per heavy atom. The fraction of sp³-hybridized carbons (Fsp3) is 0.321. The molecule has 16 heteroatoms. The Hall–Kier alpha value is -5.02. The van der Waals surface area contributed by atoms with E-state index in [0.29, 0.717) is 6.04 Å². The summed E-state index contributed by atoms with van der Waals surface area (Å²) in [5, 5.41) is 22.1. The number of hydrogen-bond donors (Lipinski definition) is 7. The number of pyridine rings is 1. The van der Waals surface area contributed by atoms with Crippen LogP contribution in [0, 0.1) is 0 Å². The lowest BCUT2D eigenvalue weighted by molar-refractivity contribution is 0.0679. The SMILES string of the molecule is CCN(CC)CCCC(C)Nc1ccnc2cc(Cl)ccc12.O=C(O)c1cc(=O)[nH]c(=O)[nH]1.O=C(O)c1cc(=O)[nH]c(=O)[nH]1. The monoisotopic (exact) mass is 631 g/mol. The molecular weight excluding hydrogens is 598 g/mol. The van der Waals surface area contributed by atoms with E-state index in [2.05, 4.69) is 36.0 Å². The van der Waals surface area contributed by atoms with Crippen molar-refractivity contribution in [3.8, 4) is 0 Å². The highest BCUT2D eigenvalue weighted by Crippen LogP contribution is 2.25. The minimum atomic E-state index is -1.34. The van der Waals surface area contributed by atoms with Gasteiger partial charge in [0.05, 0.1) is 5.52 Å². The first-order chi connectivity index (χ1) is 20.8. The van der Waals surface area contributed by atoms with Gasteiger partial charge in [0.15, 0.2) is 0 Å². The molecule has 7 N–H and O–H groups in total. The molecule has 0 saturated carbocycles. The summed E-state index contributed by atoms with van der Waals surface area (Å²) in [5.74, 6) is -2.68. The molecule has 15 nitrogen and oxygen atoms in total. The smallest absolute Gasteiger partial charge is 0.352 e. The number of halogens is 1. The molecule has 0 amide bonds. The van der Waals surface area contributed by atoms with Crippen molar-refractivity contribution in [2.24, 2.45) is 0 Å². The van der Waals surface area contributed by atoms with Gasteiger partial charge < -0.3 is 30.4 Å². The molecule has 0 aliphatic heterocycles. The van der Waals surface area contributed by atoms with Crippen molar-refractivity contribution < 1.29 is 19.8 Å². The first-order valence-electron chi connectivity index (χ1n) is 13.5. The maximum Gasteiger partial charge on any atom is 0.352 e. The number of H-pyrrole nitrogens is 4. The normalized spacial score (nSPS) is 11.1. The van der Waals surface area contributed by atoms with Gasteiger partial charge in [-0.3, -0.25) is 24.5 Å². The third kappa shape index (κ3) is 11.7. The zero-order valence-electron chi connectivity index (χ0n) is 24.3. The topological polar surface area (TPSA) is 234 Å². The van der Waals surface area contributed by atoms with Crippen LogP contribution in [-0.4, -0.2) is 77.6 Å². The third-order valence-electron chi connectivity index (χ3n) is 6.09. The van der Waals surface area contributed by atoms with Crippen LogP contribution in [0.2, 0.25) is 5.02 Å². The molecule has 4 aromatic rings. The fourth-order valence-electron chi connectivity index (χ4n) is 3.91. The number of anilines is 1. The molecule has 0 spiro atoms. The van der Waals surface area contributed by atoms with E-state index in [0.717, 1.165) is 53.3 Å². The number of nitrogens with one attached hydrogen (secondary N) is 5. The van der Waals surface area contributed by atoms with Crippen molar-refractivity contribution in [3.05, 3.63) is 101 Å². The van der Waals surface area contributed by atoms with Crippen molar-refractivity contribution in [2.45, 2.75) is 39.7 Å². The molecule has 0 radical (unpaired) electrons. The quantitative estimate of drug-likeness (QED) is 0.134. The van der Waals surface area contributed by atoms with E-state index in [1.54, 1.807) is 0 Å². The van der Waals surface area contributed by atoms with Crippen LogP contribution in [-0.2, 0) is 0 Å². The number of benzene rings is 1. The van der Waals surface area contributed by atoms with Crippen molar-refractivity contribution in [2.75, 3.05) is 25.0 Å².